The molecular formula is C14H26O5. The monoisotopic (exact) mass is 274 g/mol. The Labute approximate surface area is 115 Å². The molecule has 5 nitrogen and oxygen atoms in total. The van der Waals surface area contributed by atoms with E-state index in [1.54, 1.807) is 6.08 Å². The lowest BCUT2D eigenvalue weighted by Gasteiger charge is -2.05. The van der Waals surface area contributed by atoms with Crippen molar-refractivity contribution in [3.63, 3.8) is 0 Å². The SMILES string of the molecule is C=CCC(C(=O)O)=C(CC)CC.OCCOCCO. The number of aliphatic carboxylic acids is 1. The Hall–Kier alpha value is -1.17. The predicted molar refractivity (Wildman–Crippen MR) is 75.0 cm³/mol. The van der Waals surface area contributed by atoms with E-state index >= 15 is 0 Å². The first-order chi connectivity index (χ1) is 9.08. The van der Waals surface area contributed by atoms with E-state index in [-0.39, 0.29) is 13.2 Å². The molecule has 112 valence electrons. The Balaban J connectivity index is 0. The average Bonchev–Trinajstić information content (AvgIpc) is 2.40. The first kappa shape index (κ1) is 20.2. The molecule has 3 N–H and O–H groups in total. The standard InChI is InChI=1S/C10H16O2.C4H10O3/c1-4-7-9(10(11)12)8(5-2)6-3;5-1-3-7-4-2-6/h4H,1,5-7H2,2-3H3,(H,11,12);5-6H,1-4H2. The number of carbonyl (C=O) groups is 1. The van der Waals surface area contributed by atoms with E-state index in [1.165, 1.54) is 0 Å². The molecule has 0 aliphatic carbocycles. The van der Waals surface area contributed by atoms with Gasteiger partial charge in [-0.05, 0) is 19.3 Å². The fourth-order valence-corrected chi connectivity index (χ4v) is 1.44. The molecule has 0 fully saturated rings. The van der Waals surface area contributed by atoms with Crippen molar-refractivity contribution in [2.75, 3.05) is 26.4 Å². The van der Waals surface area contributed by atoms with Crippen LogP contribution in [0.2, 0.25) is 0 Å². The third-order valence-electron chi connectivity index (χ3n) is 2.36. The van der Waals surface area contributed by atoms with Crippen LogP contribution in [0, 0.1) is 0 Å². The normalized spacial score (nSPS) is 9.26. The fourth-order valence-electron chi connectivity index (χ4n) is 1.44. The number of carboxylic acid groups (broad SMARTS) is 1. The van der Waals surface area contributed by atoms with Crippen molar-refractivity contribution in [1.29, 1.82) is 0 Å². The highest BCUT2D eigenvalue weighted by molar-refractivity contribution is 5.87. The average molecular weight is 274 g/mol. The van der Waals surface area contributed by atoms with Gasteiger partial charge in [-0.3, -0.25) is 0 Å². The van der Waals surface area contributed by atoms with Crippen molar-refractivity contribution >= 4 is 5.97 Å². The van der Waals surface area contributed by atoms with Crippen LogP contribution in [0.4, 0.5) is 0 Å². The largest absolute Gasteiger partial charge is 0.478 e. The number of hydrogen-bond acceptors (Lipinski definition) is 4. The van der Waals surface area contributed by atoms with E-state index in [0.717, 1.165) is 18.4 Å². The zero-order valence-electron chi connectivity index (χ0n) is 11.9. The molecule has 0 rings (SSSR count). The molecule has 0 bridgehead atoms. The molecule has 0 heterocycles. The first-order valence-electron chi connectivity index (χ1n) is 6.43. The van der Waals surface area contributed by atoms with E-state index in [1.807, 2.05) is 13.8 Å². The minimum Gasteiger partial charge on any atom is -0.478 e. The van der Waals surface area contributed by atoms with Crippen molar-refractivity contribution in [1.82, 2.24) is 0 Å². The van der Waals surface area contributed by atoms with Crippen molar-refractivity contribution in [2.24, 2.45) is 0 Å². The molecule has 0 aliphatic heterocycles. The summed E-state index contributed by atoms with van der Waals surface area (Å²) in [4.78, 5) is 10.7. The molecule has 0 atom stereocenters. The summed E-state index contributed by atoms with van der Waals surface area (Å²) in [7, 11) is 0. The summed E-state index contributed by atoms with van der Waals surface area (Å²) in [5, 5.41) is 25.0. The summed E-state index contributed by atoms with van der Waals surface area (Å²) in [5.74, 6) is -0.811. The van der Waals surface area contributed by atoms with Gasteiger partial charge in [0.2, 0.25) is 0 Å². The van der Waals surface area contributed by atoms with Gasteiger partial charge in [0.15, 0.2) is 0 Å². The van der Waals surface area contributed by atoms with E-state index in [0.29, 0.717) is 25.2 Å². The second-order valence-corrected chi connectivity index (χ2v) is 3.65. The maximum atomic E-state index is 10.7. The van der Waals surface area contributed by atoms with Gasteiger partial charge >= 0.3 is 5.97 Å². The lowest BCUT2D eigenvalue weighted by atomic mass is 10.0. The molecule has 0 saturated heterocycles. The zero-order chi connectivity index (χ0) is 15.1. The van der Waals surface area contributed by atoms with Crippen LogP contribution in [-0.4, -0.2) is 47.7 Å². The van der Waals surface area contributed by atoms with Crippen molar-refractivity contribution < 1.29 is 24.9 Å². The summed E-state index contributed by atoms with van der Waals surface area (Å²) in [6.07, 6.45) is 3.72. The van der Waals surface area contributed by atoms with Crippen molar-refractivity contribution in [2.45, 2.75) is 33.1 Å². The quantitative estimate of drug-likeness (QED) is 0.339. The second kappa shape index (κ2) is 14.9. The molecule has 0 aromatic carbocycles. The maximum absolute atomic E-state index is 10.7. The Morgan fingerprint density at radius 1 is 1.16 bits per heavy atom. The Bertz CT molecular complexity index is 261. The van der Waals surface area contributed by atoms with Gasteiger partial charge in [-0.15, -0.1) is 6.58 Å². The van der Waals surface area contributed by atoms with Crippen LogP contribution in [0.5, 0.6) is 0 Å². The first-order valence-corrected chi connectivity index (χ1v) is 6.43. The number of hydrogen-bond donors (Lipinski definition) is 3. The van der Waals surface area contributed by atoms with Gasteiger partial charge in [-0.1, -0.05) is 25.5 Å². The molecule has 0 aromatic rings. The molecule has 0 radical (unpaired) electrons. The molecule has 0 saturated carbocycles. The minimum atomic E-state index is -0.811. The van der Waals surface area contributed by atoms with Gasteiger partial charge in [-0.2, -0.15) is 0 Å². The van der Waals surface area contributed by atoms with Gasteiger partial charge in [0, 0.05) is 5.57 Å². The van der Waals surface area contributed by atoms with Crippen LogP contribution in [0.25, 0.3) is 0 Å². The highest BCUT2D eigenvalue weighted by Gasteiger charge is 2.09. The summed E-state index contributed by atoms with van der Waals surface area (Å²) in [6, 6.07) is 0. The predicted octanol–water partition coefficient (Wildman–Crippen LogP) is 1.75. The van der Waals surface area contributed by atoms with Gasteiger partial charge in [0.1, 0.15) is 0 Å². The van der Waals surface area contributed by atoms with E-state index in [9.17, 15) is 4.79 Å². The number of aliphatic hydroxyl groups excluding tert-OH is 2. The fraction of sp³-hybridized carbons (Fsp3) is 0.643. The lowest BCUT2D eigenvalue weighted by Crippen LogP contribution is -2.03. The Morgan fingerprint density at radius 3 is 1.89 bits per heavy atom. The minimum absolute atomic E-state index is 0.0278. The Morgan fingerprint density at radius 2 is 1.63 bits per heavy atom. The number of allylic oxidation sites excluding steroid dienone is 2. The van der Waals surface area contributed by atoms with Gasteiger partial charge in [0.25, 0.3) is 0 Å². The molecular weight excluding hydrogens is 248 g/mol. The molecule has 0 spiro atoms. The third-order valence-corrected chi connectivity index (χ3v) is 2.36. The van der Waals surface area contributed by atoms with Crippen LogP contribution in [0.15, 0.2) is 23.8 Å². The number of ether oxygens (including phenoxy) is 1. The van der Waals surface area contributed by atoms with Crippen LogP contribution >= 0.6 is 0 Å². The molecule has 0 amide bonds. The van der Waals surface area contributed by atoms with Crippen LogP contribution in [0.1, 0.15) is 33.1 Å². The van der Waals surface area contributed by atoms with E-state index < -0.39 is 5.97 Å². The summed E-state index contributed by atoms with van der Waals surface area (Å²) in [5.41, 5.74) is 1.53. The topological polar surface area (TPSA) is 87.0 Å². The Kier molecular flexibility index (Phi) is 15.8. The van der Waals surface area contributed by atoms with Gasteiger partial charge < -0.3 is 20.1 Å². The van der Waals surface area contributed by atoms with Gasteiger partial charge in [-0.25, -0.2) is 4.79 Å². The smallest absolute Gasteiger partial charge is 0.331 e. The van der Waals surface area contributed by atoms with Crippen LogP contribution < -0.4 is 0 Å². The molecule has 19 heavy (non-hydrogen) atoms. The molecule has 0 unspecified atom stereocenters. The summed E-state index contributed by atoms with van der Waals surface area (Å²) >= 11 is 0. The highest BCUT2D eigenvalue weighted by atomic mass is 16.5. The second-order valence-electron chi connectivity index (χ2n) is 3.65. The maximum Gasteiger partial charge on any atom is 0.331 e. The van der Waals surface area contributed by atoms with Crippen LogP contribution in [-0.2, 0) is 9.53 Å². The number of aliphatic hydroxyl groups is 2. The number of carboxylic acids is 1. The zero-order valence-corrected chi connectivity index (χ0v) is 11.9. The number of rotatable bonds is 9. The third kappa shape index (κ3) is 11.6. The molecule has 0 aliphatic rings. The molecule has 0 aromatic heterocycles. The van der Waals surface area contributed by atoms with Gasteiger partial charge in [0.05, 0.1) is 26.4 Å². The molecule has 5 heteroatoms. The summed E-state index contributed by atoms with van der Waals surface area (Å²) in [6.45, 7) is 8.19. The lowest BCUT2D eigenvalue weighted by molar-refractivity contribution is -0.132. The summed E-state index contributed by atoms with van der Waals surface area (Å²) < 4.78 is 4.63. The highest BCUT2D eigenvalue weighted by Crippen LogP contribution is 2.16. The van der Waals surface area contributed by atoms with Crippen molar-refractivity contribution in [3.8, 4) is 0 Å². The van der Waals surface area contributed by atoms with E-state index in [4.69, 9.17) is 15.3 Å². The van der Waals surface area contributed by atoms with Crippen LogP contribution in [0.3, 0.4) is 0 Å². The van der Waals surface area contributed by atoms with Crippen molar-refractivity contribution in [3.05, 3.63) is 23.8 Å². The van der Waals surface area contributed by atoms with E-state index in [2.05, 4.69) is 11.3 Å².